The van der Waals surface area contributed by atoms with E-state index in [-0.39, 0.29) is 12.4 Å². The quantitative estimate of drug-likeness (QED) is 0.869. The lowest BCUT2D eigenvalue weighted by atomic mass is 10.0. The smallest absolute Gasteiger partial charge is 0.123 e. The summed E-state index contributed by atoms with van der Waals surface area (Å²) in [6.07, 6.45) is 1.75. The Hall–Kier alpha value is -0.870. The molecule has 2 rings (SSSR count). The van der Waals surface area contributed by atoms with Crippen LogP contribution < -0.4 is 0 Å². The molecule has 0 fully saturated rings. The van der Waals surface area contributed by atoms with Crippen LogP contribution in [0.4, 0.5) is 4.39 Å². The summed E-state index contributed by atoms with van der Waals surface area (Å²) >= 11 is 13.1. The Morgan fingerprint density at radius 1 is 1.28 bits per heavy atom. The van der Waals surface area contributed by atoms with Gasteiger partial charge in [-0.25, -0.2) is 4.39 Å². The van der Waals surface area contributed by atoms with E-state index in [1.807, 2.05) is 0 Å². The molecule has 0 atom stereocenters. The van der Waals surface area contributed by atoms with E-state index in [2.05, 4.69) is 0 Å². The molecule has 0 aliphatic heterocycles. The van der Waals surface area contributed by atoms with Crippen molar-refractivity contribution in [3.05, 3.63) is 55.9 Å². The summed E-state index contributed by atoms with van der Waals surface area (Å²) in [4.78, 5) is 0. The van der Waals surface area contributed by atoms with Crippen molar-refractivity contribution in [2.45, 2.75) is 0 Å². The second-order valence-corrected chi connectivity index (χ2v) is 5.90. The number of aliphatic hydroxyl groups is 1. The van der Waals surface area contributed by atoms with Gasteiger partial charge in [-0.3, -0.25) is 0 Å². The predicted molar refractivity (Wildman–Crippen MR) is 75.7 cm³/mol. The third-order valence-corrected chi connectivity index (χ3v) is 3.92. The summed E-state index contributed by atoms with van der Waals surface area (Å²) in [6.45, 7) is -0.157. The van der Waals surface area contributed by atoms with Crippen LogP contribution in [0.15, 0.2) is 30.3 Å². The van der Waals surface area contributed by atoms with Crippen LogP contribution in [-0.2, 0) is 0 Å². The van der Waals surface area contributed by atoms with Gasteiger partial charge in [-0.05, 0) is 35.4 Å². The van der Waals surface area contributed by atoms with Gasteiger partial charge >= 0.3 is 0 Å². The second-order valence-electron chi connectivity index (χ2n) is 3.61. The number of thiophene rings is 1. The van der Waals surface area contributed by atoms with E-state index < -0.39 is 0 Å². The van der Waals surface area contributed by atoms with E-state index in [1.165, 1.54) is 23.5 Å². The Balaban J connectivity index is 2.39. The summed E-state index contributed by atoms with van der Waals surface area (Å²) in [7, 11) is 0. The average Bonchev–Trinajstić information content (AvgIpc) is 2.66. The van der Waals surface area contributed by atoms with Crippen LogP contribution in [0, 0.1) is 5.82 Å². The lowest BCUT2D eigenvalue weighted by Gasteiger charge is -2.04. The molecule has 0 aliphatic carbocycles. The Kier molecular flexibility index (Phi) is 4.40. The molecular weight excluding hydrogens is 294 g/mol. The van der Waals surface area contributed by atoms with Crippen molar-refractivity contribution in [1.82, 2.24) is 0 Å². The van der Waals surface area contributed by atoms with Gasteiger partial charge in [0.05, 0.1) is 10.9 Å². The molecule has 1 aromatic heterocycles. The molecule has 1 nitrogen and oxygen atoms in total. The summed E-state index contributed by atoms with van der Waals surface area (Å²) in [5.41, 5.74) is 2.16. The monoisotopic (exact) mass is 302 g/mol. The second kappa shape index (κ2) is 5.85. The molecule has 0 unspecified atom stereocenters. The zero-order chi connectivity index (χ0) is 13.1. The van der Waals surface area contributed by atoms with E-state index in [1.54, 1.807) is 24.3 Å². The van der Waals surface area contributed by atoms with Crippen LogP contribution in [0.1, 0.15) is 11.1 Å². The molecule has 0 saturated carbocycles. The summed E-state index contributed by atoms with van der Waals surface area (Å²) in [5, 5.41) is 9.37. The van der Waals surface area contributed by atoms with E-state index >= 15 is 0 Å². The number of aliphatic hydroxyl groups excluding tert-OH is 1. The first-order valence-electron chi connectivity index (χ1n) is 5.12. The first-order chi connectivity index (χ1) is 8.60. The van der Waals surface area contributed by atoms with Crippen LogP contribution in [0.2, 0.25) is 8.67 Å². The van der Waals surface area contributed by atoms with Gasteiger partial charge in [0.2, 0.25) is 0 Å². The largest absolute Gasteiger partial charge is 0.392 e. The highest BCUT2D eigenvalue weighted by Gasteiger charge is 2.06. The highest BCUT2D eigenvalue weighted by atomic mass is 35.5. The molecular formula is C13H9Cl2FOS. The maximum Gasteiger partial charge on any atom is 0.123 e. The van der Waals surface area contributed by atoms with Crippen molar-refractivity contribution in [1.29, 1.82) is 0 Å². The summed E-state index contributed by atoms with van der Waals surface area (Å²) in [5.74, 6) is -0.312. The fraction of sp³-hybridized carbons (Fsp3) is 0.0769. The lowest BCUT2D eigenvalue weighted by Crippen LogP contribution is -1.90. The van der Waals surface area contributed by atoms with Crippen molar-refractivity contribution >= 4 is 46.2 Å². The first-order valence-corrected chi connectivity index (χ1v) is 6.69. The summed E-state index contributed by atoms with van der Waals surface area (Å²) in [6, 6.07) is 7.65. The van der Waals surface area contributed by atoms with Crippen LogP contribution >= 0.6 is 34.5 Å². The van der Waals surface area contributed by atoms with Crippen LogP contribution in [0.3, 0.4) is 0 Å². The molecule has 0 radical (unpaired) electrons. The van der Waals surface area contributed by atoms with Gasteiger partial charge in [0.1, 0.15) is 10.2 Å². The highest BCUT2D eigenvalue weighted by molar-refractivity contribution is 7.20. The Labute approximate surface area is 118 Å². The third-order valence-electron chi connectivity index (χ3n) is 2.40. The molecule has 0 saturated heterocycles. The molecule has 1 heterocycles. The number of halogens is 3. The fourth-order valence-electron chi connectivity index (χ4n) is 1.52. The van der Waals surface area contributed by atoms with Crippen molar-refractivity contribution in [3.63, 3.8) is 0 Å². The third kappa shape index (κ3) is 3.12. The molecule has 0 spiro atoms. The maximum absolute atomic E-state index is 12.8. The SMILES string of the molecule is OC/C(=C/c1cc(Cl)sc1Cl)c1ccc(F)cc1. The maximum atomic E-state index is 12.8. The standard InChI is InChI=1S/C13H9Cl2FOS/c14-12-6-9(13(15)18-12)5-10(7-17)8-1-3-11(16)4-2-8/h1-6,17H,7H2/b10-5-. The van der Waals surface area contributed by atoms with Gasteiger partial charge in [0.15, 0.2) is 0 Å². The first kappa shape index (κ1) is 13.6. The Bertz CT molecular complexity index is 575. The van der Waals surface area contributed by atoms with Crippen LogP contribution in [0.5, 0.6) is 0 Å². The molecule has 1 aromatic carbocycles. The number of hydrogen-bond acceptors (Lipinski definition) is 2. The number of hydrogen-bond donors (Lipinski definition) is 1. The lowest BCUT2D eigenvalue weighted by molar-refractivity contribution is 0.350. The van der Waals surface area contributed by atoms with Gasteiger partial charge in [0.25, 0.3) is 0 Å². The molecule has 18 heavy (non-hydrogen) atoms. The molecule has 2 aromatic rings. The van der Waals surface area contributed by atoms with Crippen molar-refractivity contribution in [2.75, 3.05) is 6.61 Å². The zero-order valence-electron chi connectivity index (χ0n) is 9.16. The number of benzene rings is 1. The van der Waals surface area contributed by atoms with E-state index in [4.69, 9.17) is 23.2 Å². The number of rotatable bonds is 3. The molecule has 94 valence electrons. The van der Waals surface area contributed by atoms with Gasteiger partial charge < -0.3 is 5.11 Å². The topological polar surface area (TPSA) is 20.2 Å². The minimum atomic E-state index is -0.312. The summed E-state index contributed by atoms with van der Waals surface area (Å²) < 4.78 is 14.0. The van der Waals surface area contributed by atoms with Crippen molar-refractivity contribution in [2.24, 2.45) is 0 Å². The zero-order valence-corrected chi connectivity index (χ0v) is 11.5. The van der Waals surface area contributed by atoms with Crippen LogP contribution in [0.25, 0.3) is 11.6 Å². The molecule has 0 bridgehead atoms. The predicted octanol–water partition coefficient (Wildman–Crippen LogP) is 4.73. The minimum Gasteiger partial charge on any atom is -0.392 e. The van der Waals surface area contributed by atoms with Gasteiger partial charge in [-0.1, -0.05) is 35.3 Å². The van der Waals surface area contributed by atoms with E-state index in [9.17, 15) is 9.50 Å². The Morgan fingerprint density at radius 3 is 2.44 bits per heavy atom. The average molecular weight is 303 g/mol. The van der Waals surface area contributed by atoms with E-state index in [0.717, 1.165) is 11.1 Å². The normalized spacial score (nSPS) is 11.9. The van der Waals surface area contributed by atoms with E-state index in [0.29, 0.717) is 14.2 Å². The molecule has 5 heteroatoms. The van der Waals surface area contributed by atoms with Crippen molar-refractivity contribution in [3.8, 4) is 0 Å². The molecule has 1 N–H and O–H groups in total. The van der Waals surface area contributed by atoms with Gasteiger partial charge in [0, 0.05) is 5.56 Å². The van der Waals surface area contributed by atoms with Crippen LogP contribution in [-0.4, -0.2) is 11.7 Å². The molecule has 0 aliphatic rings. The fourth-order valence-corrected chi connectivity index (χ4v) is 2.94. The highest BCUT2D eigenvalue weighted by Crippen LogP contribution is 2.33. The minimum absolute atomic E-state index is 0.157. The Morgan fingerprint density at radius 2 is 1.94 bits per heavy atom. The van der Waals surface area contributed by atoms with Gasteiger partial charge in [-0.15, -0.1) is 11.3 Å². The van der Waals surface area contributed by atoms with Gasteiger partial charge in [-0.2, -0.15) is 0 Å². The van der Waals surface area contributed by atoms with Crippen molar-refractivity contribution < 1.29 is 9.50 Å². The molecule has 0 amide bonds.